The Morgan fingerprint density at radius 2 is 1.63 bits per heavy atom. The summed E-state index contributed by atoms with van der Waals surface area (Å²) in [5, 5.41) is 9.55. The molecule has 0 amide bonds. The standard InChI is InChI=1S/C53H73N3O/c1-36-7-10-47-32-49(33-48(47)29-36)43-15-13-39(14-16-43)41-21-25-50(26-22-41)56(35-38-9-12-45-30-37(34-54)8-11-46(45)31-38)51-27-23-42(24-28-51)40-17-19-44(20-18-40)53(55)57-52-5-3-2-4-6-52/h3,5,7,10,13,21,23,27-28,30,36,38,40,42-44,47-50,52-53H,2,4,6,8-9,11-12,14-20,22,24-26,29,31-33,35,55H2,1H3/t36?,38?,40?,42?,43?,44?,47?,48?,49-,50?,52?,53?/m1/s1. The highest BCUT2D eigenvalue weighted by Gasteiger charge is 2.39. The van der Waals surface area contributed by atoms with Crippen LogP contribution in [-0.2, 0) is 4.74 Å². The first-order chi connectivity index (χ1) is 28.0. The maximum absolute atomic E-state index is 9.55. The van der Waals surface area contributed by atoms with Crippen LogP contribution in [0.25, 0.3) is 0 Å². The zero-order chi connectivity index (χ0) is 38.7. The van der Waals surface area contributed by atoms with Crippen LogP contribution in [0.5, 0.6) is 0 Å². The van der Waals surface area contributed by atoms with Crippen molar-refractivity contribution in [1.82, 2.24) is 4.90 Å². The number of nitrogens with two attached hydrogens (primary N) is 1. The van der Waals surface area contributed by atoms with Crippen molar-refractivity contribution in [2.24, 2.45) is 59.0 Å². The highest BCUT2D eigenvalue weighted by Crippen LogP contribution is 2.50. The molecule has 9 unspecified atom stereocenters. The lowest BCUT2D eigenvalue weighted by molar-refractivity contribution is -0.0369. The zero-order valence-electron chi connectivity index (χ0n) is 35.3. The fraction of sp³-hybridized carbons (Fsp3) is 0.679. The molecule has 9 aliphatic carbocycles. The van der Waals surface area contributed by atoms with Gasteiger partial charge in [-0.1, -0.05) is 61.1 Å². The minimum absolute atomic E-state index is 0.120. The van der Waals surface area contributed by atoms with Crippen molar-refractivity contribution in [3.05, 3.63) is 94.3 Å². The maximum atomic E-state index is 9.55. The summed E-state index contributed by atoms with van der Waals surface area (Å²) in [4.78, 5) is 2.88. The van der Waals surface area contributed by atoms with Gasteiger partial charge in [0, 0.05) is 23.9 Å². The third-order valence-electron chi connectivity index (χ3n) is 16.8. The molecule has 57 heavy (non-hydrogen) atoms. The Morgan fingerprint density at radius 1 is 0.772 bits per heavy atom. The van der Waals surface area contributed by atoms with Crippen LogP contribution in [-0.4, -0.2) is 29.8 Å². The van der Waals surface area contributed by atoms with Crippen LogP contribution in [0.2, 0.25) is 0 Å². The van der Waals surface area contributed by atoms with Crippen LogP contribution in [0.1, 0.15) is 148 Å². The number of allylic oxidation sites excluding steroid dienone is 13. The molecule has 9 aliphatic rings. The van der Waals surface area contributed by atoms with E-state index in [1.54, 1.807) is 16.7 Å². The van der Waals surface area contributed by atoms with E-state index in [0.29, 0.717) is 23.8 Å². The molecular weight excluding hydrogens is 695 g/mol. The molecule has 4 heteroatoms. The van der Waals surface area contributed by atoms with Gasteiger partial charge in [0.1, 0.15) is 6.23 Å². The van der Waals surface area contributed by atoms with Gasteiger partial charge in [-0.3, -0.25) is 0 Å². The Kier molecular flexibility index (Phi) is 12.6. The van der Waals surface area contributed by atoms with E-state index in [4.69, 9.17) is 10.5 Å². The van der Waals surface area contributed by atoms with Gasteiger partial charge in [0.05, 0.1) is 12.2 Å². The normalized spacial score (nSPS) is 38.6. The summed E-state index contributed by atoms with van der Waals surface area (Å²) in [7, 11) is 0. The Morgan fingerprint density at radius 3 is 2.37 bits per heavy atom. The van der Waals surface area contributed by atoms with Gasteiger partial charge in [-0.2, -0.15) is 5.26 Å². The largest absolute Gasteiger partial charge is 0.368 e. The van der Waals surface area contributed by atoms with E-state index in [1.165, 1.54) is 133 Å². The van der Waals surface area contributed by atoms with Crippen molar-refractivity contribution in [2.75, 3.05) is 6.54 Å². The molecule has 9 rings (SSSR count). The van der Waals surface area contributed by atoms with Crippen LogP contribution >= 0.6 is 0 Å². The molecule has 0 heterocycles. The second kappa shape index (κ2) is 18.2. The monoisotopic (exact) mass is 768 g/mol. The lowest BCUT2D eigenvalue weighted by Crippen LogP contribution is -2.40. The number of hydrogen-bond donors (Lipinski definition) is 1. The molecule has 0 aromatic rings. The zero-order valence-corrected chi connectivity index (χ0v) is 35.3. The van der Waals surface area contributed by atoms with Gasteiger partial charge in [-0.05, 0) is 223 Å². The number of fused-ring (bicyclic) bond motifs is 1. The first kappa shape index (κ1) is 39.6. The average molecular weight is 768 g/mol. The van der Waals surface area contributed by atoms with E-state index in [2.05, 4.69) is 78.7 Å². The molecule has 306 valence electrons. The predicted octanol–water partition coefficient (Wildman–Crippen LogP) is 12.7. The fourth-order valence-electron chi connectivity index (χ4n) is 13.4. The second-order valence-corrected chi connectivity index (χ2v) is 20.4. The minimum atomic E-state index is -0.120. The molecule has 0 bridgehead atoms. The predicted molar refractivity (Wildman–Crippen MR) is 234 cm³/mol. The molecule has 2 saturated carbocycles. The molecule has 0 aromatic heterocycles. The molecular formula is C53H73N3O. The summed E-state index contributed by atoms with van der Waals surface area (Å²) in [5.41, 5.74) is 15.6. The van der Waals surface area contributed by atoms with Gasteiger partial charge in [0.15, 0.2) is 0 Å². The van der Waals surface area contributed by atoms with Crippen LogP contribution in [0, 0.1) is 64.6 Å². The van der Waals surface area contributed by atoms with Crippen molar-refractivity contribution < 1.29 is 4.74 Å². The summed E-state index contributed by atoms with van der Waals surface area (Å²) in [6.07, 6.45) is 52.4. The van der Waals surface area contributed by atoms with E-state index >= 15 is 0 Å². The van der Waals surface area contributed by atoms with Crippen LogP contribution in [0.15, 0.2) is 94.3 Å². The quantitative estimate of drug-likeness (QED) is 0.178. The van der Waals surface area contributed by atoms with Crippen LogP contribution in [0.4, 0.5) is 0 Å². The third-order valence-corrected chi connectivity index (χ3v) is 16.8. The van der Waals surface area contributed by atoms with E-state index in [9.17, 15) is 5.26 Å². The second-order valence-electron chi connectivity index (χ2n) is 20.4. The van der Waals surface area contributed by atoms with Gasteiger partial charge >= 0.3 is 0 Å². The highest BCUT2D eigenvalue weighted by atomic mass is 16.5. The van der Waals surface area contributed by atoms with Crippen molar-refractivity contribution in [3.8, 4) is 6.07 Å². The summed E-state index contributed by atoms with van der Waals surface area (Å²) < 4.78 is 6.33. The maximum Gasteiger partial charge on any atom is 0.109 e. The smallest absolute Gasteiger partial charge is 0.109 e. The van der Waals surface area contributed by atoms with Gasteiger partial charge in [-0.25, -0.2) is 0 Å². The first-order valence-electron chi connectivity index (χ1n) is 24.1. The summed E-state index contributed by atoms with van der Waals surface area (Å²) in [5.74, 6) is 7.07. The number of nitriles is 1. The lowest BCUT2D eigenvalue weighted by atomic mass is 9.73. The van der Waals surface area contributed by atoms with Gasteiger partial charge in [-0.15, -0.1) is 0 Å². The molecule has 4 nitrogen and oxygen atoms in total. The molecule has 0 radical (unpaired) electrons. The fourth-order valence-corrected chi connectivity index (χ4v) is 13.4. The lowest BCUT2D eigenvalue weighted by Gasteiger charge is -2.42. The molecule has 0 spiro atoms. The highest BCUT2D eigenvalue weighted by molar-refractivity contribution is 5.41. The van der Waals surface area contributed by atoms with E-state index in [1.807, 2.05) is 0 Å². The van der Waals surface area contributed by atoms with Crippen molar-refractivity contribution >= 4 is 0 Å². The molecule has 10 atom stereocenters. The summed E-state index contributed by atoms with van der Waals surface area (Å²) >= 11 is 0. The summed E-state index contributed by atoms with van der Waals surface area (Å²) in [6.45, 7) is 3.58. The number of rotatable bonds is 10. The van der Waals surface area contributed by atoms with E-state index in [-0.39, 0.29) is 12.3 Å². The minimum Gasteiger partial charge on any atom is -0.368 e. The molecule has 0 aromatic carbocycles. The molecule has 2 N–H and O–H groups in total. The van der Waals surface area contributed by atoms with E-state index < -0.39 is 0 Å². The van der Waals surface area contributed by atoms with Crippen molar-refractivity contribution in [3.63, 3.8) is 0 Å². The average Bonchev–Trinajstić information content (AvgIpc) is 3.69. The first-order valence-corrected chi connectivity index (χ1v) is 24.1. The molecule has 0 saturated heterocycles. The number of nitrogens with zero attached hydrogens (tertiary/aromatic N) is 2. The van der Waals surface area contributed by atoms with Crippen LogP contribution < -0.4 is 5.73 Å². The third kappa shape index (κ3) is 9.31. The number of hydrogen-bond acceptors (Lipinski definition) is 4. The topological polar surface area (TPSA) is 62.3 Å². The van der Waals surface area contributed by atoms with Crippen molar-refractivity contribution in [2.45, 2.75) is 167 Å². The van der Waals surface area contributed by atoms with Crippen molar-refractivity contribution in [1.29, 1.82) is 5.26 Å². The SMILES string of the molecule is CC1C=CC2C[C@@H](C3CC=C(C4=CCC(N(CC5CCC6=C(CCC(C#N)=C6)C5)C5=CCC(C6CCC(C(N)OC7C=CCCC7)CC6)C=C5)CC4)CC3)CC2C1. The van der Waals surface area contributed by atoms with Gasteiger partial charge in [0.2, 0.25) is 0 Å². The molecule has 2 fully saturated rings. The van der Waals surface area contributed by atoms with Gasteiger partial charge < -0.3 is 15.4 Å². The van der Waals surface area contributed by atoms with Gasteiger partial charge in [0.25, 0.3) is 0 Å². The number of ether oxygens (including phenoxy) is 1. The molecule has 0 aliphatic heterocycles. The Balaban J connectivity index is 0.827. The Bertz CT molecular complexity index is 1740. The van der Waals surface area contributed by atoms with E-state index in [0.717, 1.165) is 66.8 Å². The van der Waals surface area contributed by atoms with Crippen LogP contribution in [0.3, 0.4) is 0 Å². The summed E-state index contributed by atoms with van der Waals surface area (Å²) in [6, 6.07) is 3.03. The Labute approximate surface area is 346 Å². The Hall–Kier alpha value is -2.87.